The molecular weight excluding hydrogens is 458 g/mol. The van der Waals surface area contributed by atoms with Crippen molar-refractivity contribution in [1.29, 1.82) is 0 Å². The maximum Gasteiger partial charge on any atom is 0.210 e. The van der Waals surface area contributed by atoms with Gasteiger partial charge < -0.3 is 18.9 Å². The van der Waals surface area contributed by atoms with E-state index in [0.717, 1.165) is 11.1 Å². The zero-order valence-corrected chi connectivity index (χ0v) is 18.1. The Balaban J connectivity index is 1.39. The first-order valence-corrected chi connectivity index (χ1v) is 10.3. The highest BCUT2D eigenvalue weighted by atomic mass is 35.5. The number of fused-ring (bicyclic) bond motifs is 1. The summed E-state index contributed by atoms with van der Waals surface area (Å²) in [6, 6.07) is 10.5. The topological polar surface area (TPSA) is 40.2 Å². The molecule has 0 radical (unpaired) electrons. The maximum absolute atomic E-state index is 6.23. The molecule has 2 aliphatic heterocycles. The Morgan fingerprint density at radius 3 is 2.17 bits per heavy atom. The van der Waals surface area contributed by atoms with Crippen molar-refractivity contribution in [2.24, 2.45) is 0 Å². The van der Waals surface area contributed by atoms with Crippen LogP contribution in [0.5, 0.6) is 0 Å². The summed E-state index contributed by atoms with van der Waals surface area (Å²) in [5.41, 5.74) is 0.720. The van der Waals surface area contributed by atoms with Crippen LogP contribution in [0.1, 0.15) is 11.1 Å². The fourth-order valence-corrected chi connectivity index (χ4v) is 4.19. The zero-order chi connectivity index (χ0) is 20.6. The summed E-state index contributed by atoms with van der Waals surface area (Å²) in [4.78, 5) is 0. The Bertz CT molecular complexity index is 960. The monoisotopic (exact) mass is 472 g/mol. The third-order valence-electron chi connectivity index (χ3n) is 4.87. The van der Waals surface area contributed by atoms with E-state index in [0.29, 0.717) is 26.7 Å². The molecular formula is C21H16Cl4O4. The van der Waals surface area contributed by atoms with E-state index in [4.69, 9.17) is 71.8 Å². The van der Waals surface area contributed by atoms with Gasteiger partial charge in [0.1, 0.15) is 12.2 Å². The van der Waals surface area contributed by atoms with Crippen LogP contribution in [0.2, 0.25) is 20.1 Å². The molecule has 0 aromatic heterocycles. The lowest BCUT2D eigenvalue weighted by atomic mass is 10.0. The average molecular weight is 474 g/mol. The lowest BCUT2D eigenvalue weighted by Crippen LogP contribution is -2.40. The second-order valence-electron chi connectivity index (χ2n) is 6.78. The van der Waals surface area contributed by atoms with Crippen molar-refractivity contribution in [3.8, 4) is 12.3 Å². The lowest BCUT2D eigenvalue weighted by Gasteiger charge is -2.24. The molecule has 0 saturated carbocycles. The van der Waals surface area contributed by atoms with Gasteiger partial charge in [0.2, 0.25) is 11.9 Å². The summed E-state index contributed by atoms with van der Waals surface area (Å²) in [6.07, 6.45) is 4.31. The summed E-state index contributed by atoms with van der Waals surface area (Å²) >= 11 is 24.3. The van der Waals surface area contributed by atoms with E-state index in [1.807, 2.05) is 12.1 Å². The summed E-state index contributed by atoms with van der Waals surface area (Å²) < 4.78 is 23.3. The minimum atomic E-state index is -0.898. The van der Waals surface area contributed by atoms with Crippen LogP contribution in [0.15, 0.2) is 36.4 Å². The van der Waals surface area contributed by atoms with Gasteiger partial charge in [0.25, 0.3) is 0 Å². The molecule has 4 atom stereocenters. The van der Waals surface area contributed by atoms with Crippen LogP contribution in [0, 0.1) is 12.3 Å². The standard InChI is InChI=1S/C21H16Cl4O4/c1-2-21-19(27-10-13-4-6-15(23)8-17(13)25)18(28-20(21)29-21)11-26-9-12-3-5-14(22)7-16(12)24/h1,3-8,18-20H,9-11H2/t18-,19-,20-,21-/m1/s1. The first kappa shape index (κ1) is 21.2. The van der Waals surface area contributed by atoms with E-state index in [2.05, 4.69) is 5.92 Å². The van der Waals surface area contributed by atoms with E-state index >= 15 is 0 Å². The highest BCUT2D eigenvalue weighted by Gasteiger charge is 2.71. The molecule has 0 aliphatic carbocycles. The number of epoxide rings is 1. The zero-order valence-electron chi connectivity index (χ0n) is 15.0. The summed E-state index contributed by atoms with van der Waals surface area (Å²) in [5, 5.41) is 2.19. The van der Waals surface area contributed by atoms with Gasteiger partial charge in [0.15, 0.2) is 0 Å². The molecule has 29 heavy (non-hydrogen) atoms. The minimum absolute atomic E-state index is 0.239. The summed E-state index contributed by atoms with van der Waals surface area (Å²) in [7, 11) is 0. The van der Waals surface area contributed by atoms with Crippen LogP contribution in [0.25, 0.3) is 0 Å². The summed E-state index contributed by atoms with van der Waals surface area (Å²) in [6.45, 7) is 0.810. The predicted molar refractivity (Wildman–Crippen MR) is 112 cm³/mol. The second kappa shape index (κ2) is 8.63. The number of rotatable bonds is 7. The Morgan fingerprint density at radius 2 is 1.59 bits per heavy atom. The van der Waals surface area contributed by atoms with Crippen LogP contribution >= 0.6 is 46.4 Å². The molecule has 8 heteroatoms. The normalized spacial score (nSPS) is 27.5. The molecule has 152 valence electrons. The third kappa shape index (κ3) is 4.39. The Morgan fingerprint density at radius 1 is 0.966 bits per heavy atom. The highest BCUT2D eigenvalue weighted by molar-refractivity contribution is 6.35. The number of hydrogen-bond donors (Lipinski definition) is 0. The fraction of sp³-hybridized carbons (Fsp3) is 0.333. The molecule has 2 aromatic rings. The van der Waals surface area contributed by atoms with E-state index in [1.54, 1.807) is 24.3 Å². The summed E-state index contributed by atoms with van der Waals surface area (Å²) in [5.74, 6) is 2.66. The molecule has 4 rings (SSSR count). The van der Waals surface area contributed by atoms with Gasteiger partial charge in [-0.1, -0.05) is 64.5 Å². The molecule has 2 heterocycles. The molecule has 0 N–H and O–H groups in total. The van der Waals surface area contributed by atoms with Crippen molar-refractivity contribution >= 4 is 46.4 Å². The quantitative estimate of drug-likeness (QED) is 0.391. The first-order valence-electron chi connectivity index (χ1n) is 8.81. The van der Waals surface area contributed by atoms with Crippen LogP contribution in [-0.4, -0.2) is 30.7 Å². The number of benzene rings is 2. The van der Waals surface area contributed by atoms with Crippen molar-refractivity contribution in [1.82, 2.24) is 0 Å². The van der Waals surface area contributed by atoms with Gasteiger partial charge in [-0.2, -0.15) is 0 Å². The second-order valence-corrected chi connectivity index (χ2v) is 8.47. The lowest BCUT2D eigenvalue weighted by molar-refractivity contribution is -0.130. The fourth-order valence-electron chi connectivity index (χ4n) is 3.26. The van der Waals surface area contributed by atoms with Crippen LogP contribution in [0.4, 0.5) is 0 Å². The van der Waals surface area contributed by atoms with Crippen molar-refractivity contribution < 1.29 is 18.9 Å². The third-order valence-corrected chi connectivity index (χ3v) is 6.04. The first-order chi connectivity index (χ1) is 13.9. The van der Waals surface area contributed by atoms with Crippen molar-refractivity contribution in [2.45, 2.75) is 37.3 Å². The van der Waals surface area contributed by atoms with Crippen LogP contribution < -0.4 is 0 Å². The Kier molecular flexibility index (Phi) is 6.32. The van der Waals surface area contributed by atoms with Crippen molar-refractivity contribution in [3.05, 3.63) is 67.6 Å². The predicted octanol–water partition coefficient (Wildman–Crippen LogP) is 5.53. The van der Waals surface area contributed by atoms with E-state index in [1.165, 1.54) is 0 Å². The number of halogens is 4. The average Bonchev–Trinajstić information content (AvgIpc) is 3.31. The Labute approximate surface area is 188 Å². The van der Waals surface area contributed by atoms with Crippen LogP contribution in [-0.2, 0) is 32.2 Å². The van der Waals surface area contributed by atoms with Gasteiger partial charge in [-0.15, -0.1) is 6.42 Å². The SMILES string of the molecule is C#C[C@]12O[C@H]1O[C@H](COCc1ccc(Cl)cc1Cl)[C@H]2OCc1ccc(Cl)cc1Cl. The molecule has 2 fully saturated rings. The molecule has 2 aromatic carbocycles. The number of terminal acetylenes is 1. The van der Waals surface area contributed by atoms with Crippen molar-refractivity contribution in [3.63, 3.8) is 0 Å². The minimum Gasteiger partial charge on any atom is -0.374 e. The maximum atomic E-state index is 6.23. The van der Waals surface area contributed by atoms with Gasteiger partial charge in [0, 0.05) is 20.1 Å². The van der Waals surface area contributed by atoms with Crippen LogP contribution in [0.3, 0.4) is 0 Å². The number of hydrogen-bond acceptors (Lipinski definition) is 4. The molecule has 0 unspecified atom stereocenters. The molecule has 0 amide bonds. The molecule has 0 spiro atoms. The van der Waals surface area contributed by atoms with Gasteiger partial charge in [0.05, 0.1) is 19.8 Å². The number of ether oxygens (including phenoxy) is 4. The molecule has 4 nitrogen and oxygen atoms in total. The molecule has 0 bridgehead atoms. The van der Waals surface area contributed by atoms with Gasteiger partial charge in [-0.25, -0.2) is 0 Å². The van der Waals surface area contributed by atoms with Gasteiger partial charge in [-0.3, -0.25) is 0 Å². The molecule has 2 saturated heterocycles. The van der Waals surface area contributed by atoms with E-state index in [-0.39, 0.29) is 19.3 Å². The largest absolute Gasteiger partial charge is 0.374 e. The Hall–Kier alpha value is -1.000. The smallest absolute Gasteiger partial charge is 0.210 e. The van der Waals surface area contributed by atoms with Gasteiger partial charge in [-0.05, 0) is 35.4 Å². The van der Waals surface area contributed by atoms with Gasteiger partial charge >= 0.3 is 0 Å². The van der Waals surface area contributed by atoms with Crippen molar-refractivity contribution in [2.75, 3.05) is 6.61 Å². The molecule has 2 aliphatic rings. The van der Waals surface area contributed by atoms with E-state index in [9.17, 15) is 0 Å². The highest BCUT2D eigenvalue weighted by Crippen LogP contribution is 2.50. The van der Waals surface area contributed by atoms with E-state index < -0.39 is 18.0 Å².